The molecule has 0 bridgehead atoms. The largest absolute Gasteiger partial charge is 0.0979 e. The average molecular weight is 346 g/mol. The van der Waals surface area contributed by atoms with Crippen LogP contribution < -0.4 is 0 Å². The summed E-state index contributed by atoms with van der Waals surface area (Å²) in [6.45, 7) is 0. The molecule has 0 heterocycles. The summed E-state index contributed by atoms with van der Waals surface area (Å²) in [6.07, 6.45) is 3.20. The van der Waals surface area contributed by atoms with Crippen molar-refractivity contribution in [3.8, 4) is 11.8 Å². The molecule has 0 aromatic heterocycles. The Morgan fingerprint density at radius 1 is 0.889 bits per heavy atom. The van der Waals surface area contributed by atoms with E-state index in [1.54, 1.807) is 0 Å². The summed E-state index contributed by atoms with van der Waals surface area (Å²) in [5, 5.41) is 0. The third-order valence-corrected chi connectivity index (χ3v) is 3.76. The summed E-state index contributed by atoms with van der Waals surface area (Å²) < 4.78 is 1.35. The van der Waals surface area contributed by atoms with Crippen molar-refractivity contribution in [2.24, 2.45) is 0 Å². The third-order valence-electron chi connectivity index (χ3n) is 2.71. The van der Waals surface area contributed by atoms with Crippen molar-refractivity contribution < 1.29 is 0 Å². The van der Waals surface area contributed by atoms with E-state index in [-0.39, 0.29) is 0 Å². The molecule has 0 nitrogen and oxygen atoms in total. The van der Waals surface area contributed by atoms with Crippen LogP contribution in [0.25, 0.3) is 0 Å². The summed E-state index contributed by atoms with van der Waals surface area (Å²) in [5.74, 6) is 6.43. The SMILES string of the molecule is Ic1ccccc1CCCC#Cc1ccccc1. The van der Waals surface area contributed by atoms with E-state index in [1.807, 2.05) is 30.3 Å². The van der Waals surface area contributed by atoms with Crippen LogP contribution in [-0.4, -0.2) is 0 Å². The lowest BCUT2D eigenvalue weighted by atomic mass is 10.1. The van der Waals surface area contributed by atoms with E-state index in [9.17, 15) is 0 Å². The van der Waals surface area contributed by atoms with Crippen molar-refractivity contribution in [2.45, 2.75) is 19.3 Å². The Morgan fingerprint density at radius 3 is 2.39 bits per heavy atom. The normalized spacial score (nSPS) is 9.61. The fourth-order valence-corrected chi connectivity index (χ4v) is 2.41. The first-order valence-electron chi connectivity index (χ1n) is 6.13. The van der Waals surface area contributed by atoms with Crippen molar-refractivity contribution in [2.75, 3.05) is 0 Å². The molecule has 0 fully saturated rings. The topological polar surface area (TPSA) is 0 Å². The first-order valence-corrected chi connectivity index (χ1v) is 7.21. The zero-order valence-corrected chi connectivity index (χ0v) is 12.4. The molecule has 0 spiro atoms. The lowest BCUT2D eigenvalue weighted by Crippen LogP contribution is -1.88. The van der Waals surface area contributed by atoms with Crippen molar-refractivity contribution in [3.05, 3.63) is 69.3 Å². The maximum absolute atomic E-state index is 3.24. The van der Waals surface area contributed by atoms with Gasteiger partial charge in [-0.15, -0.1) is 0 Å². The standard InChI is InChI=1S/C17H15I/c18-17-14-8-7-13-16(17)12-6-2-5-11-15-9-3-1-4-10-15/h1,3-4,7-10,13-14H,2,6,12H2. The molecule has 0 saturated carbocycles. The van der Waals surface area contributed by atoms with Gasteiger partial charge in [-0.1, -0.05) is 48.2 Å². The van der Waals surface area contributed by atoms with Crippen molar-refractivity contribution in [1.82, 2.24) is 0 Å². The lowest BCUT2D eigenvalue weighted by Gasteiger charge is -2.01. The van der Waals surface area contributed by atoms with Gasteiger partial charge in [-0.25, -0.2) is 0 Å². The number of rotatable bonds is 3. The maximum Gasteiger partial charge on any atom is 0.0245 e. The first-order chi connectivity index (χ1) is 8.86. The molecule has 2 aromatic rings. The molecule has 0 aliphatic carbocycles. The molecule has 0 amide bonds. The highest BCUT2D eigenvalue weighted by atomic mass is 127. The van der Waals surface area contributed by atoms with Crippen LogP contribution >= 0.6 is 22.6 Å². The molecule has 0 aliphatic heterocycles. The minimum absolute atomic E-state index is 0.958. The van der Waals surface area contributed by atoms with Crippen LogP contribution in [0.15, 0.2) is 54.6 Å². The second kappa shape index (κ2) is 7.23. The van der Waals surface area contributed by atoms with Gasteiger partial charge in [0.15, 0.2) is 0 Å². The maximum atomic E-state index is 3.24. The molecule has 0 aliphatic rings. The number of halogens is 1. The quantitative estimate of drug-likeness (QED) is 0.431. The van der Waals surface area contributed by atoms with Crippen LogP contribution in [0, 0.1) is 15.4 Å². The molecule has 0 radical (unpaired) electrons. The zero-order chi connectivity index (χ0) is 12.6. The predicted molar refractivity (Wildman–Crippen MR) is 85.4 cm³/mol. The molecule has 90 valence electrons. The van der Waals surface area contributed by atoms with Gasteiger partial charge in [0.2, 0.25) is 0 Å². The Kier molecular flexibility index (Phi) is 5.29. The zero-order valence-electron chi connectivity index (χ0n) is 10.2. The Morgan fingerprint density at radius 2 is 1.61 bits per heavy atom. The predicted octanol–water partition coefficient (Wildman–Crippen LogP) is 4.67. The van der Waals surface area contributed by atoms with Crippen molar-refractivity contribution >= 4 is 22.6 Å². The Labute approximate surface area is 123 Å². The Bertz CT molecular complexity index is 547. The number of benzene rings is 2. The average Bonchev–Trinajstić information content (AvgIpc) is 2.42. The minimum Gasteiger partial charge on any atom is -0.0979 e. The van der Waals surface area contributed by atoms with E-state index in [0.717, 1.165) is 24.8 Å². The molecule has 0 N–H and O–H groups in total. The van der Waals surface area contributed by atoms with Gasteiger partial charge in [-0.05, 0) is 59.2 Å². The summed E-state index contributed by atoms with van der Waals surface area (Å²) in [5.41, 5.74) is 2.53. The molecular formula is C17H15I. The van der Waals surface area contributed by atoms with Gasteiger partial charge in [0.05, 0.1) is 0 Å². The van der Waals surface area contributed by atoms with Crippen molar-refractivity contribution in [1.29, 1.82) is 0 Å². The highest BCUT2D eigenvalue weighted by molar-refractivity contribution is 14.1. The van der Waals surface area contributed by atoms with E-state index in [1.165, 1.54) is 9.13 Å². The number of hydrogen-bond acceptors (Lipinski definition) is 0. The minimum atomic E-state index is 0.958. The highest BCUT2D eigenvalue weighted by Crippen LogP contribution is 2.13. The number of hydrogen-bond donors (Lipinski definition) is 0. The van der Waals surface area contributed by atoms with Gasteiger partial charge < -0.3 is 0 Å². The summed E-state index contributed by atoms with van der Waals surface area (Å²) in [4.78, 5) is 0. The van der Waals surface area contributed by atoms with E-state index in [4.69, 9.17) is 0 Å². The van der Waals surface area contributed by atoms with Crippen LogP contribution in [0.3, 0.4) is 0 Å². The molecule has 18 heavy (non-hydrogen) atoms. The third kappa shape index (κ3) is 4.19. The Balaban J connectivity index is 1.81. The van der Waals surface area contributed by atoms with Crippen LogP contribution in [0.4, 0.5) is 0 Å². The molecule has 2 rings (SSSR count). The van der Waals surface area contributed by atoms with E-state index in [0.29, 0.717) is 0 Å². The first kappa shape index (κ1) is 13.2. The summed E-state index contributed by atoms with van der Waals surface area (Å²) in [6, 6.07) is 18.7. The molecule has 0 atom stereocenters. The fourth-order valence-electron chi connectivity index (χ4n) is 1.75. The van der Waals surface area contributed by atoms with Gasteiger partial charge >= 0.3 is 0 Å². The van der Waals surface area contributed by atoms with E-state index in [2.05, 4.69) is 58.7 Å². The van der Waals surface area contributed by atoms with Crippen LogP contribution in [0.1, 0.15) is 24.0 Å². The van der Waals surface area contributed by atoms with Crippen molar-refractivity contribution in [3.63, 3.8) is 0 Å². The lowest BCUT2D eigenvalue weighted by molar-refractivity contribution is 0.854. The summed E-state index contributed by atoms with van der Waals surface area (Å²) >= 11 is 2.39. The molecule has 1 heteroatoms. The second-order valence-electron chi connectivity index (χ2n) is 4.11. The van der Waals surface area contributed by atoms with Gasteiger partial charge in [-0.2, -0.15) is 0 Å². The number of aryl methyl sites for hydroxylation is 1. The van der Waals surface area contributed by atoms with Crippen LogP contribution in [0.5, 0.6) is 0 Å². The smallest absolute Gasteiger partial charge is 0.0245 e. The number of unbranched alkanes of at least 4 members (excludes halogenated alkanes) is 1. The summed E-state index contributed by atoms with van der Waals surface area (Å²) in [7, 11) is 0. The molecule has 0 saturated heterocycles. The fraction of sp³-hybridized carbons (Fsp3) is 0.176. The van der Waals surface area contributed by atoms with Gasteiger partial charge in [0.1, 0.15) is 0 Å². The second-order valence-corrected chi connectivity index (χ2v) is 5.27. The molecule has 2 aromatic carbocycles. The highest BCUT2D eigenvalue weighted by Gasteiger charge is 1.96. The van der Waals surface area contributed by atoms with E-state index >= 15 is 0 Å². The van der Waals surface area contributed by atoms with Crippen LogP contribution in [0.2, 0.25) is 0 Å². The molecule has 0 unspecified atom stereocenters. The van der Waals surface area contributed by atoms with Gasteiger partial charge in [-0.3, -0.25) is 0 Å². The van der Waals surface area contributed by atoms with Gasteiger partial charge in [0.25, 0.3) is 0 Å². The molecular weight excluding hydrogens is 331 g/mol. The van der Waals surface area contributed by atoms with Gasteiger partial charge in [0, 0.05) is 15.6 Å². The van der Waals surface area contributed by atoms with E-state index < -0.39 is 0 Å². The monoisotopic (exact) mass is 346 g/mol. The van der Waals surface area contributed by atoms with Crippen LogP contribution in [-0.2, 0) is 6.42 Å². The Hall–Kier alpha value is -1.27.